The van der Waals surface area contributed by atoms with Crippen molar-refractivity contribution in [2.24, 2.45) is 5.92 Å². The van der Waals surface area contributed by atoms with Gasteiger partial charge in [0.25, 0.3) is 5.69 Å². The van der Waals surface area contributed by atoms with Crippen LogP contribution in [0.3, 0.4) is 0 Å². The molecule has 0 bridgehead atoms. The van der Waals surface area contributed by atoms with Crippen molar-refractivity contribution in [3.63, 3.8) is 0 Å². The maximum absolute atomic E-state index is 12.7. The third kappa shape index (κ3) is 3.41. The summed E-state index contributed by atoms with van der Waals surface area (Å²) >= 11 is 1.49. The second kappa shape index (κ2) is 6.49. The minimum atomic E-state index is -1.15. The third-order valence-electron chi connectivity index (χ3n) is 4.95. The van der Waals surface area contributed by atoms with Gasteiger partial charge in [0.15, 0.2) is 0 Å². The van der Waals surface area contributed by atoms with Gasteiger partial charge in [0, 0.05) is 16.9 Å². The summed E-state index contributed by atoms with van der Waals surface area (Å²) in [6.45, 7) is 6.92. The van der Waals surface area contributed by atoms with Gasteiger partial charge in [-0.05, 0) is 45.4 Å². The Kier molecular flexibility index (Phi) is 4.72. The first-order valence-electron chi connectivity index (χ1n) is 8.56. The van der Waals surface area contributed by atoms with Crippen molar-refractivity contribution in [3.8, 4) is 0 Å². The second-order valence-electron chi connectivity index (χ2n) is 7.92. The zero-order valence-electron chi connectivity index (χ0n) is 15.5. The number of non-ortho nitro benzene ring substituents is 1. The molecule has 1 aromatic rings. The van der Waals surface area contributed by atoms with Crippen LogP contribution in [0, 0.1) is 16.0 Å². The van der Waals surface area contributed by atoms with E-state index in [2.05, 4.69) is 0 Å². The van der Waals surface area contributed by atoms with Gasteiger partial charge in [0.1, 0.15) is 12.6 Å². The molecule has 27 heavy (non-hydrogen) atoms. The minimum absolute atomic E-state index is 0.0321. The number of fused-ring (bicyclic) bond motifs is 1. The summed E-state index contributed by atoms with van der Waals surface area (Å²) < 4.78 is 4.84. The number of carbonyl (C=O) groups is 2. The maximum atomic E-state index is 12.7. The Morgan fingerprint density at radius 2 is 1.96 bits per heavy atom. The first-order chi connectivity index (χ1) is 12.4. The van der Waals surface area contributed by atoms with Crippen LogP contribution in [-0.4, -0.2) is 48.6 Å². The first-order valence-corrected chi connectivity index (χ1v) is 9.44. The average molecular weight is 394 g/mol. The molecule has 1 aromatic carbocycles. The van der Waals surface area contributed by atoms with Gasteiger partial charge < -0.3 is 14.7 Å². The molecule has 2 heterocycles. The van der Waals surface area contributed by atoms with E-state index in [4.69, 9.17) is 4.74 Å². The zero-order chi connectivity index (χ0) is 20.1. The van der Waals surface area contributed by atoms with E-state index < -0.39 is 33.2 Å². The van der Waals surface area contributed by atoms with Gasteiger partial charge in [0.05, 0.1) is 21.8 Å². The highest BCUT2D eigenvalue weighted by molar-refractivity contribution is 8.01. The van der Waals surface area contributed by atoms with Crippen LogP contribution in [0.5, 0.6) is 0 Å². The molecule has 0 aromatic heterocycles. The van der Waals surface area contributed by atoms with Crippen LogP contribution in [0.25, 0.3) is 0 Å². The summed E-state index contributed by atoms with van der Waals surface area (Å²) in [4.78, 5) is 36.9. The number of amides is 1. The number of thioether (sulfide) groups is 1. The summed E-state index contributed by atoms with van der Waals surface area (Å²) in [7, 11) is 0. The lowest BCUT2D eigenvalue weighted by Gasteiger charge is -2.48. The van der Waals surface area contributed by atoms with Gasteiger partial charge >= 0.3 is 5.97 Å². The lowest BCUT2D eigenvalue weighted by Crippen LogP contribution is -2.67. The van der Waals surface area contributed by atoms with Crippen LogP contribution in [0.4, 0.5) is 5.69 Å². The molecule has 2 aliphatic heterocycles. The molecule has 2 saturated heterocycles. The smallest absolute Gasteiger partial charge is 0.330 e. The molecule has 2 fully saturated rings. The van der Waals surface area contributed by atoms with E-state index in [-0.39, 0.29) is 23.6 Å². The summed E-state index contributed by atoms with van der Waals surface area (Å²) in [6, 6.07) is 5.02. The number of esters is 1. The molecule has 8 nitrogen and oxygen atoms in total. The predicted molar refractivity (Wildman–Crippen MR) is 98.8 cm³/mol. The number of benzene rings is 1. The molecule has 1 N–H and O–H groups in total. The van der Waals surface area contributed by atoms with Gasteiger partial charge in [-0.1, -0.05) is 0 Å². The maximum Gasteiger partial charge on any atom is 0.330 e. The molecule has 0 unspecified atom stereocenters. The number of nitrogens with zero attached hydrogens (tertiary/aromatic N) is 2. The van der Waals surface area contributed by atoms with Crippen LogP contribution < -0.4 is 0 Å². The summed E-state index contributed by atoms with van der Waals surface area (Å²) in [5.74, 6) is -1.31. The normalized spacial score (nSPS) is 26.3. The molecular formula is C18H22N2O6S. The Hall–Kier alpha value is -2.13. The molecule has 0 spiro atoms. The number of hydrogen-bond acceptors (Lipinski definition) is 7. The van der Waals surface area contributed by atoms with E-state index >= 15 is 0 Å². The molecule has 3 rings (SSSR count). The minimum Gasteiger partial charge on any atom is -0.459 e. The van der Waals surface area contributed by atoms with Crippen LogP contribution in [0.1, 0.15) is 33.3 Å². The van der Waals surface area contributed by atoms with E-state index in [0.29, 0.717) is 5.56 Å². The van der Waals surface area contributed by atoms with Gasteiger partial charge in [-0.25, -0.2) is 4.79 Å². The molecule has 9 heteroatoms. The lowest BCUT2D eigenvalue weighted by molar-refractivity contribution is -0.384. The van der Waals surface area contributed by atoms with E-state index in [1.165, 1.54) is 40.9 Å². The van der Waals surface area contributed by atoms with Crippen LogP contribution in [0.15, 0.2) is 24.3 Å². The second-order valence-corrected chi connectivity index (χ2v) is 9.69. The molecule has 0 radical (unpaired) electrons. The van der Waals surface area contributed by atoms with Crippen molar-refractivity contribution >= 4 is 29.3 Å². The quantitative estimate of drug-likeness (QED) is 0.352. The number of β-lactam (4-membered cyclic amide) rings is 1. The number of rotatable bonds is 5. The molecule has 0 saturated carbocycles. The monoisotopic (exact) mass is 394 g/mol. The standard InChI is InChI=1S/C18H22N2O6S/c1-17(2,23)12-14(21)19-13(18(3,4)27-15(12)19)16(22)26-9-10-5-7-11(8-6-10)20(24)25/h5-8,12-13,15,23H,9H2,1-4H3/t12-,13+,15-/m1/s1. The number of nitro groups is 1. The number of aliphatic hydroxyl groups is 1. The van der Waals surface area contributed by atoms with Gasteiger partial charge in [-0.2, -0.15) is 0 Å². The lowest BCUT2D eigenvalue weighted by atomic mass is 9.81. The van der Waals surface area contributed by atoms with Crippen molar-refractivity contribution < 1.29 is 24.4 Å². The fourth-order valence-electron chi connectivity index (χ4n) is 3.59. The van der Waals surface area contributed by atoms with E-state index in [1.807, 2.05) is 13.8 Å². The molecule has 2 aliphatic rings. The number of carbonyl (C=O) groups excluding carboxylic acids is 2. The fourth-order valence-corrected chi connectivity index (χ4v) is 5.48. The number of hydrogen-bond donors (Lipinski definition) is 1. The Morgan fingerprint density at radius 1 is 1.37 bits per heavy atom. The van der Waals surface area contributed by atoms with Gasteiger partial charge in [0.2, 0.25) is 5.91 Å². The van der Waals surface area contributed by atoms with Crippen LogP contribution >= 0.6 is 11.8 Å². The number of nitro benzene ring substituents is 1. The first kappa shape index (κ1) is 19.6. The highest BCUT2D eigenvalue weighted by atomic mass is 32.2. The van der Waals surface area contributed by atoms with Gasteiger partial charge in [-0.3, -0.25) is 14.9 Å². The van der Waals surface area contributed by atoms with Crippen molar-refractivity contribution in [1.29, 1.82) is 0 Å². The molecule has 0 aliphatic carbocycles. The van der Waals surface area contributed by atoms with Crippen LogP contribution in [0.2, 0.25) is 0 Å². The fraction of sp³-hybridized carbons (Fsp3) is 0.556. The SMILES string of the molecule is CC(C)(O)[C@@H]1C(=O)N2[C@@H]1SC(C)(C)[C@@H]2C(=O)OCc1ccc([N+](=O)[O-])cc1. The topological polar surface area (TPSA) is 110 Å². The Bertz CT molecular complexity index is 786. The predicted octanol–water partition coefficient (Wildman–Crippen LogP) is 2.09. The molecule has 146 valence electrons. The Morgan fingerprint density at radius 3 is 2.48 bits per heavy atom. The van der Waals surface area contributed by atoms with Crippen LogP contribution in [-0.2, 0) is 20.9 Å². The summed E-state index contributed by atoms with van der Waals surface area (Å²) in [5, 5.41) is 20.7. The molecular weight excluding hydrogens is 372 g/mol. The summed E-state index contributed by atoms with van der Waals surface area (Å²) in [5.41, 5.74) is -0.567. The van der Waals surface area contributed by atoms with E-state index in [9.17, 15) is 24.8 Å². The summed E-state index contributed by atoms with van der Waals surface area (Å²) in [6.07, 6.45) is 0. The van der Waals surface area contributed by atoms with Crippen molar-refractivity contribution in [3.05, 3.63) is 39.9 Å². The highest BCUT2D eigenvalue weighted by Gasteiger charge is 2.66. The number of ether oxygens (including phenoxy) is 1. The van der Waals surface area contributed by atoms with Crippen molar-refractivity contribution in [2.75, 3.05) is 0 Å². The Balaban J connectivity index is 1.69. The largest absolute Gasteiger partial charge is 0.459 e. The highest BCUT2D eigenvalue weighted by Crippen LogP contribution is 2.55. The van der Waals surface area contributed by atoms with Gasteiger partial charge in [-0.15, -0.1) is 11.8 Å². The van der Waals surface area contributed by atoms with Crippen molar-refractivity contribution in [1.82, 2.24) is 4.90 Å². The molecule has 1 amide bonds. The zero-order valence-corrected chi connectivity index (χ0v) is 16.4. The van der Waals surface area contributed by atoms with E-state index in [0.717, 1.165) is 0 Å². The van der Waals surface area contributed by atoms with Crippen molar-refractivity contribution in [2.45, 2.75) is 56.1 Å². The average Bonchev–Trinajstić information content (AvgIpc) is 2.78. The van der Waals surface area contributed by atoms with E-state index in [1.54, 1.807) is 13.8 Å². The molecule has 3 atom stereocenters. The Labute approximate surface area is 161 Å². The third-order valence-corrected chi connectivity index (χ3v) is 6.53.